The van der Waals surface area contributed by atoms with E-state index in [0.29, 0.717) is 17.6 Å². The zero-order valence-electron chi connectivity index (χ0n) is 23.7. The summed E-state index contributed by atoms with van der Waals surface area (Å²) in [6.45, 7) is 1.59. The highest BCUT2D eigenvalue weighted by molar-refractivity contribution is 5.89. The van der Waals surface area contributed by atoms with E-state index in [-0.39, 0.29) is 30.1 Å². The van der Waals surface area contributed by atoms with E-state index in [1.807, 2.05) is 12.1 Å². The Morgan fingerprint density at radius 3 is 1.84 bits per heavy atom. The number of benzene rings is 1. The fourth-order valence-electron chi connectivity index (χ4n) is 6.32. The molecule has 4 atom stereocenters. The number of aliphatic hydroxyl groups is 2. The van der Waals surface area contributed by atoms with E-state index >= 15 is 0 Å². The van der Waals surface area contributed by atoms with Crippen LogP contribution < -0.4 is 0 Å². The van der Waals surface area contributed by atoms with Crippen LogP contribution >= 0.6 is 0 Å². The summed E-state index contributed by atoms with van der Waals surface area (Å²) < 4.78 is 9.49. The Bertz CT molecular complexity index is 870. The van der Waals surface area contributed by atoms with Crippen molar-refractivity contribution in [2.45, 2.75) is 88.5 Å². The van der Waals surface area contributed by atoms with Gasteiger partial charge in [0.1, 0.15) is 0 Å². The summed E-state index contributed by atoms with van der Waals surface area (Å²) >= 11 is 0. The molecule has 0 aromatic heterocycles. The lowest BCUT2D eigenvalue weighted by molar-refractivity contribution is -0.146. The molecule has 2 saturated heterocycles. The summed E-state index contributed by atoms with van der Waals surface area (Å²) in [4.78, 5) is 27.3. The van der Waals surface area contributed by atoms with Crippen LogP contribution in [0.15, 0.2) is 24.3 Å². The van der Waals surface area contributed by atoms with Gasteiger partial charge in [0.15, 0.2) is 0 Å². The molecule has 0 radical (unpaired) electrons. The summed E-state index contributed by atoms with van der Waals surface area (Å²) in [6.07, 6.45) is 10.1. The number of hydrogen-bond acceptors (Lipinski definition) is 8. The van der Waals surface area contributed by atoms with Gasteiger partial charge in [-0.2, -0.15) is 0 Å². The van der Waals surface area contributed by atoms with Gasteiger partial charge in [-0.05, 0) is 102 Å². The van der Waals surface area contributed by atoms with Gasteiger partial charge < -0.3 is 29.5 Å². The van der Waals surface area contributed by atoms with E-state index < -0.39 is 0 Å². The maximum atomic E-state index is 11.5. The Hall–Kier alpha value is -2.00. The minimum absolute atomic E-state index is 0.0305. The number of β-amino-alcohol motifs (C(OH)–C–C–N with tert-alkyl or cyclic N) is 2. The predicted molar refractivity (Wildman–Crippen MR) is 147 cm³/mol. The molecule has 3 aliphatic rings. The van der Waals surface area contributed by atoms with Crippen LogP contribution in [-0.4, -0.2) is 97.6 Å². The Morgan fingerprint density at radius 2 is 1.37 bits per heavy atom. The third-order valence-corrected chi connectivity index (χ3v) is 8.76. The Morgan fingerprint density at radius 1 is 0.816 bits per heavy atom. The van der Waals surface area contributed by atoms with Crippen LogP contribution in [0.25, 0.3) is 0 Å². The minimum Gasteiger partial charge on any atom is -0.469 e. The van der Waals surface area contributed by atoms with Gasteiger partial charge in [-0.15, -0.1) is 0 Å². The van der Waals surface area contributed by atoms with Crippen molar-refractivity contribution in [3.05, 3.63) is 35.4 Å². The van der Waals surface area contributed by atoms with Crippen LogP contribution in [0.5, 0.6) is 0 Å². The van der Waals surface area contributed by atoms with Crippen LogP contribution in [-0.2, 0) is 20.7 Å². The Balaban J connectivity index is 0.000000211. The molecule has 1 aromatic carbocycles. The van der Waals surface area contributed by atoms with E-state index in [1.54, 1.807) is 12.1 Å². The molecule has 214 valence electrons. The van der Waals surface area contributed by atoms with Gasteiger partial charge in [0.25, 0.3) is 0 Å². The van der Waals surface area contributed by atoms with Gasteiger partial charge in [0.05, 0.1) is 37.9 Å². The van der Waals surface area contributed by atoms with Crippen molar-refractivity contribution in [2.24, 2.45) is 11.8 Å². The van der Waals surface area contributed by atoms with Gasteiger partial charge in [-0.1, -0.05) is 12.1 Å². The van der Waals surface area contributed by atoms with Crippen molar-refractivity contribution >= 4 is 11.9 Å². The fraction of sp³-hybridized carbons (Fsp3) is 0.733. The lowest BCUT2D eigenvalue weighted by atomic mass is 9.79. The zero-order chi connectivity index (χ0) is 27.7. The summed E-state index contributed by atoms with van der Waals surface area (Å²) in [5, 5.41) is 19.2. The van der Waals surface area contributed by atoms with Crippen LogP contribution in [0.3, 0.4) is 0 Å². The SMILES string of the molecule is COC(=O)C1CCC(CC[C@@H]2C[C@@H](O)CN2C)CC1.COC(=O)c1ccc(CC[C@@H]2C[C@@H](O)CN2C)cc1. The highest BCUT2D eigenvalue weighted by Gasteiger charge is 2.31. The van der Waals surface area contributed by atoms with Crippen LogP contribution in [0, 0.1) is 11.8 Å². The Kier molecular flexibility index (Phi) is 12.0. The second-order valence-corrected chi connectivity index (χ2v) is 11.5. The minimum atomic E-state index is -0.301. The maximum Gasteiger partial charge on any atom is 0.337 e. The fourth-order valence-corrected chi connectivity index (χ4v) is 6.32. The number of likely N-dealkylation sites (N-methyl/N-ethyl adjacent to an activating group) is 2. The first-order chi connectivity index (χ1) is 18.2. The second-order valence-electron chi connectivity index (χ2n) is 11.5. The number of aryl methyl sites for hydroxylation is 1. The molecule has 2 N–H and O–H groups in total. The standard InChI is InChI=1S/C15H27NO3.C15H21NO3/c2*1-16-10-14(17)9-13(16)8-5-11-3-6-12(7-4-11)15(18)19-2/h11-14,17H,3-10H2,1-2H3;3-4,6-7,13-14,17H,5,8-10H2,1-2H3/t11?,12?,13-,14-;13-,14-/m11/s1. The largest absolute Gasteiger partial charge is 0.469 e. The van der Waals surface area contributed by atoms with Crippen molar-refractivity contribution in [3.63, 3.8) is 0 Å². The predicted octanol–water partition coefficient (Wildman–Crippen LogP) is 3.28. The average Bonchev–Trinajstić information content (AvgIpc) is 3.43. The number of aliphatic hydroxyl groups excluding tert-OH is 2. The first-order valence-electron chi connectivity index (χ1n) is 14.2. The molecule has 8 nitrogen and oxygen atoms in total. The van der Waals surface area contributed by atoms with Crippen LogP contribution in [0.1, 0.15) is 73.7 Å². The van der Waals surface area contributed by atoms with E-state index in [1.165, 1.54) is 32.6 Å². The molecule has 1 aromatic rings. The number of nitrogens with zero attached hydrogens (tertiary/aromatic N) is 2. The topological polar surface area (TPSA) is 99.5 Å². The number of likely N-dealkylation sites (tertiary alicyclic amines) is 2. The number of rotatable bonds is 8. The number of methoxy groups -OCH3 is 2. The first-order valence-corrected chi connectivity index (χ1v) is 14.2. The number of carbonyl (C=O) groups is 2. The molecule has 0 unspecified atom stereocenters. The molecule has 1 aliphatic carbocycles. The number of carbonyl (C=O) groups excluding carboxylic acids is 2. The molecule has 0 bridgehead atoms. The molecule has 0 amide bonds. The quantitative estimate of drug-likeness (QED) is 0.492. The lowest BCUT2D eigenvalue weighted by Crippen LogP contribution is -2.27. The average molecular weight is 533 g/mol. The molecule has 2 aliphatic heterocycles. The molecule has 1 saturated carbocycles. The number of esters is 2. The van der Waals surface area contributed by atoms with Crippen molar-refractivity contribution in [1.29, 1.82) is 0 Å². The summed E-state index contributed by atoms with van der Waals surface area (Å²) in [5.74, 6) is 0.562. The molecule has 8 heteroatoms. The molecule has 4 rings (SSSR count). The molecular weight excluding hydrogens is 484 g/mol. The highest BCUT2D eigenvalue weighted by atomic mass is 16.5. The van der Waals surface area contributed by atoms with Gasteiger partial charge in [0, 0.05) is 25.2 Å². The molecule has 3 fully saturated rings. The Labute approximate surface area is 228 Å². The molecular formula is C30H48N2O6. The lowest BCUT2D eigenvalue weighted by Gasteiger charge is -2.28. The van der Waals surface area contributed by atoms with E-state index in [2.05, 4.69) is 28.6 Å². The summed E-state index contributed by atoms with van der Waals surface area (Å²) in [5.41, 5.74) is 1.79. The van der Waals surface area contributed by atoms with Crippen molar-refractivity contribution in [3.8, 4) is 0 Å². The monoisotopic (exact) mass is 532 g/mol. The first kappa shape index (κ1) is 30.5. The third kappa shape index (κ3) is 9.04. The molecule has 38 heavy (non-hydrogen) atoms. The van der Waals surface area contributed by atoms with Crippen molar-refractivity contribution < 1.29 is 29.3 Å². The smallest absolute Gasteiger partial charge is 0.337 e. The normalized spacial score (nSPS) is 29.9. The molecule has 2 heterocycles. The van der Waals surface area contributed by atoms with Gasteiger partial charge in [-0.3, -0.25) is 4.79 Å². The number of ether oxygens (including phenoxy) is 2. The number of hydrogen-bond donors (Lipinski definition) is 2. The van der Waals surface area contributed by atoms with Crippen LogP contribution in [0.2, 0.25) is 0 Å². The molecule has 0 spiro atoms. The zero-order valence-corrected chi connectivity index (χ0v) is 23.7. The van der Waals surface area contributed by atoms with E-state index in [4.69, 9.17) is 4.74 Å². The third-order valence-electron chi connectivity index (χ3n) is 8.76. The van der Waals surface area contributed by atoms with Gasteiger partial charge in [0.2, 0.25) is 0 Å². The van der Waals surface area contributed by atoms with Gasteiger partial charge in [-0.25, -0.2) is 4.79 Å². The van der Waals surface area contributed by atoms with Crippen molar-refractivity contribution in [2.75, 3.05) is 41.4 Å². The van der Waals surface area contributed by atoms with Crippen molar-refractivity contribution in [1.82, 2.24) is 9.80 Å². The van der Waals surface area contributed by atoms with Crippen LogP contribution in [0.4, 0.5) is 0 Å². The summed E-state index contributed by atoms with van der Waals surface area (Å²) in [6, 6.07) is 8.54. The maximum absolute atomic E-state index is 11.5. The van der Waals surface area contributed by atoms with Gasteiger partial charge >= 0.3 is 11.9 Å². The van der Waals surface area contributed by atoms with E-state index in [0.717, 1.165) is 70.4 Å². The highest BCUT2D eigenvalue weighted by Crippen LogP contribution is 2.33. The van der Waals surface area contributed by atoms with E-state index in [9.17, 15) is 19.8 Å². The summed E-state index contributed by atoms with van der Waals surface area (Å²) in [7, 11) is 7.03. The second kappa shape index (κ2) is 15.0.